The summed E-state index contributed by atoms with van der Waals surface area (Å²) < 4.78 is 0. The van der Waals surface area contributed by atoms with Gasteiger partial charge in [0.2, 0.25) is 0 Å². The number of hydrogen-bond acceptors (Lipinski definition) is 4. The molecule has 5 heteroatoms. The summed E-state index contributed by atoms with van der Waals surface area (Å²) in [7, 11) is -0.572. The summed E-state index contributed by atoms with van der Waals surface area (Å²) >= 11 is 0. The van der Waals surface area contributed by atoms with Crippen LogP contribution in [0.25, 0.3) is 0 Å². The van der Waals surface area contributed by atoms with Crippen LogP contribution in [-0.2, 0) is 0 Å². The Bertz CT molecular complexity index is 241. The van der Waals surface area contributed by atoms with Crippen LogP contribution in [0.2, 0.25) is 0 Å². The Balaban J connectivity index is 2.93. The second-order valence-electron chi connectivity index (χ2n) is 2.76. The highest BCUT2D eigenvalue weighted by Gasteiger charge is 2.18. The molecule has 0 aromatic rings. The molecule has 0 amide bonds. The number of allylic oxidation sites excluding steroid dienone is 1. The van der Waals surface area contributed by atoms with Gasteiger partial charge >= 0.3 is 0 Å². The Kier molecular flexibility index (Phi) is 2.22. The number of nitrogens with two attached hydrogens (primary N) is 3. The fourth-order valence-electron chi connectivity index (χ4n) is 0.915. The van der Waals surface area contributed by atoms with Crippen LogP contribution >= 0.6 is 10.7 Å². The van der Waals surface area contributed by atoms with E-state index < -0.39 is 10.7 Å². The maximum absolute atomic E-state index is 5.72. The van der Waals surface area contributed by atoms with Crippen molar-refractivity contribution in [2.75, 3.05) is 0 Å². The van der Waals surface area contributed by atoms with Gasteiger partial charge in [-0.3, -0.25) is 10.9 Å². The Morgan fingerprint density at radius 3 is 2.09 bits per heavy atom. The molecule has 0 aromatic carbocycles. The monoisotopic (exact) mass is 174 g/mol. The summed E-state index contributed by atoms with van der Waals surface area (Å²) in [6.07, 6.45) is 0. The van der Waals surface area contributed by atoms with E-state index in [-0.39, 0.29) is 0 Å². The van der Waals surface area contributed by atoms with Gasteiger partial charge in [-0.25, -0.2) is 0 Å². The fraction of sp³-hybridized carbons (Fsp3) is 0.500. The van der Waals surface area contributed by atoms with Crippen LogP contribution in [0.3, 0.4) is 0 Å². The Hall–Kier alpha value is -0.520. The molecule has 1 aliphatic heterocycles. The average molecular weight is 174 g/mol. The van der Waals surface area contributed by atoms with Gasteiger partial charge in [-0.2, -0.15) is 0 Å². The van der Waals surface area contributed by atoms with Crippen molar-refractivity contribution >= 4 is 15.8 Å². The highest BCUT2D eigenvalue weighted by atomic mass is 32.2. The van der Waals surface area contributed by atoms with Crippen LogP contribution in [0.1, 0.15) is 13.8 Å². The van der Waals surface area contributed by atoms with Crippen LogP contribution in [0, 0.1) is 5.92 Å². The topological polar surface area (TPSA) is 90.1 Å². The molecule has 64 valence electrons. The molecule has 0 spiro atoms. The molecular weight excluding hydrogens is 160 g/mol. The second kappa shape index (κ2) is 2.84. The molecule has 7 N–H and O–H groups in total. The van der Waals surface area contributed by atoms with Crippen molar-refractivity contribution in [1.29, 1.82) is 0 Å². The van der Waals surface area contributed by atoms with Crippen molar-refractivity contribution in [1.82, 2.24) is 5.32 Å². The Labute approximate surface area is 68.9 Å². The lowest BCUT2D eigenvalue weighted by molar-refractivity contribution is 0.723. The molecule has 1 unspecified atom stereocenters. The largest absolute Gasteiger partial charge is 0.391 e. The summed E-state index contributed by atoms with van der Waals surface area (Å²) in [5, 5.41) is 9.93. The minimum Gasteiger partial charge on any atom is -0.391 e. The van der Waals surface area contributed by atoms with Gasteiger partial charge in [-0.1, -0.05) is 13.8 Å². The van der Waals surface area contributed by atoms with E-state index in [0.717, 1.165) is 5.70 Å². The van der Waals surface area contributed by atoms with E-state index in [0.29, 0.717) is 16.1 Å². The first kappa shape index (κ1) is 8.58. The molecule has 0 bridgehead atoms. The molecular formula is C6H14N4S. The minimum atomic E-state index is -0.572. The van der Waals surface area contributed by atoms with E-state index >= 15 is 0 Å². The summed E-state index contributed by atoms with van der Waals surface area (Å²) in [5.41, 5.74) is 12.3. The summed E-state index contributed by atoms with van der Waals surface area (Å²) in [6.45, 7) is 4.09. The zero-order chi connectivity index (χ0) is 8.59. The van der Waals surface area contributed by atoms with Gasteiger partial charge in [0.25, 0.3) is 0 Å². The van der Waals surface area contributed by atoms with Crippen molar-refractivity contribution in [2.24, 2.45) is 22.5 Å². The lowest BCUT2D eigenvalue weighted by Crippen LogP contribution is -2.29. The van der Waals surface area contributed by atoms with Crippen molar-refractivity contribution in [3.63, 3.8) is 0 Å². The van der Waals surface area contributed by atoms with Gasteiger partial charge < -0.3 is 11.1 Å². The van der Waals surface area contributed by atoms with Crippen molar-refractivity contribution in [3.05, 3.63) is 10.7 Å². The van der Waals surface area contributed by atoms with Crippen LogP contribution in [-0.4, -0.2) is 5.11 Å². The fourth-order valence-corrected chi connectivity index (χ4v) is 1.90. The van der Waals surface area contributed by atoms with Gasteiger partial charge in [0.15, 0.2) is 0 Å². The van der Waals surface area contributed by atoms with Crippen molar-refractivity contribution in [2.45, 2.75) is 13.8 Å². The first-order valence-corrected chi connectivity index (χ1v) is 4.70. The van der Waals surface area contributed by atoms with Crippen LogP contribution in [0.5, 0.6) is 0 Å². The lowest BCUT2D eigenvalue weighted by atomic mass is 10.1. The summed E-state index contributed by atoms with van der Waals surface area (Å²) in [6, 6.07) is 0. The highest BCUT2D eigenvalue weighted by molar-refractivity contribution is 8.17. The maximum atomic E-state index is 5.72. The van der Waals surface area contributed by atoms with Gasteiger partial charge in [0.05, 0.1) is 5.03 Å². The number of hydrogen-bond donors (Lipinski definition) is 4. The quantitative estimate of drug-likeness (QED) is 0.406. The molecule has 1 rings (SSSR count). The predicted molar refractivity (Wildman–Crippen MR) is 50.2 cm³/mol. The van der Waals surface area contributed by atoms with Crippen LogP contribution in [0.15, 0.2) is 10.7 Å². The third-order valence-corrected chi connectivity index (χ3v) is 2.84. The SMILES string of the molecule is CC(C)C1=C(N)S(N)=C(N)N1. The standard InChI is InChI=1S/C6H14N4S/c1-3(2)4-5(7)11(9)6(8)10-4/h3,10H,7-9H2,1-2H3. The molecule has 1 aliphatic rings. The van der Waals surface area contributed by atoms with E-state index in [1.165, 1.54) is 0 Å². The molecule has 0 saturated carbocycles. The molecule has 11 heavy (non-hydrogen) atoms. The summed E-state index contributed by atoms with van der Waals surface area (Å²) in [4.78, 5) is 0. The molecule has 0 aliphatic carbocycles. The average Bonchev–Trinajstić information content (AvgIpc) is 2.17. The van der Waals surface area contributed by atoms with E-state index in [4.69, 9.17) is 16.6 Å². The van der Waals surface area contributed by atoms with E-state index in [2.05, 4.69) is 5.32 Å². The van der Waals surface area contributed by atoms with E-state index in [9.17, 15) is 0 Å². The van der Waals surface area contributed by atoms with Crippen LogP contribution < -0.4 is 21.9 Å². The van der Waals surface area contributed by atoms with E-state index in [1.807, 2.05) is 13.8 Å². The van der Waals surface area contributed by atoms with Gasteiger partial charge in [-0.15, -0.1) is 0 Å². The Morgan fingerprint density at radius 2 is 1.91 bits per heavy atom. The molecule has 1 atom stereocenters. The number of nitrogens with one attached hydrogen (secondary N) is 1. The van der Waals surface area contributed by atoms with Gasteiger partial charge in [0, 0.05) is 5.70 Å². The third kappa shape index (κ3) is 1.40. The zero-order valence-corrected chi connectivity index (χ0v) is 7.53. The van der Waals surface area contributed by atoms with Crippen molar-refractivity contribution < 1.29 is 0 Å². The predicted octanol–water partition coefficient (Wildman–Crippen LogP) is -0.438. The van der Waals surface area contributed by atoms with Crippen LogP contribution in [0.4, 0.5) is 0 Å². The molecule has 0 radical (unpaired) electrons. The lowest BCUT2D eigenvalue weighted by Gasteiger charge is -2.08. The smallest absolute Gasteiger partial charge is 0.125 e. The molecule has 1 heterocycles. The second-order valence-corrected chi connectivity index (χ2v) is 4.31. The number of rotatable bonds is 1. The van der Waals surface area contributed by atoms with Crippen molar-refractivity contribution in [3.8, 4) is 0 Å². The van der Waals surface area contributed by atoms with Gasteiger partial charge in [-0.05, 0) is 16.6 Å². The molecule has 4 nitrogen and oxygen atoms in total. The minimum absolute atomic E-state index is 0.356. The maximum Gasteiger partial charge on any atom is 0.125 e. The normalized spacial score (nSPS) is 24.8. The molecule has 0 fully saturated rings. The molecule has 0 saturated heterocycles. The first-order chi connectivity index (χ1) is 5.04. The zero-order valence-electron chi connectivity index (χ0n) is 6.72. The Morgan fingerprint density at radius 1 is 1.36 bits per heavy atom. The first-order valence-electron chi connectivity index (χ1n) is 3.41. The van der Waals surface area contributed by atoms with Gasteiger partial charge in [0.1, 0.15) is 5.11 Å². The van der Waals surface area contributed by atoms with E-state index in [1.54, 1.807) is 0 Å². The highest BCUT2D eigenvalue weighted by Crippen LogP contribution is 2.24. The summed E-state index contributed by atoms with van der Waals surface area (Å²) in [5.74, 6) is 0.356. The third-order valence-electron chi connectivity index (χ3n) is 1.57. The molecule has 0 aromatic heterocycles.